The number of nitrogens with zero attached hydrogens (tertiary/aromatic N) is 3. The van der Waals surface area contributed by atoms with Crippen LogP contribution in [0.1, 0.15) is 16.8 Å². The SMILES string of the molecule is [c]1ncnc2c1CN(Cc1ccccc1)CC2. The van der Waals surface area contributed by atoms with Crippen molar-refractivity contribution in [1.82, 2.24) is 14.9 Å². The number of rotatable bonds is 2. The lowest BCUT2D eigenvalue weighted by Crippen LogP contribution is -2.30. The van der Waals surface area contributed by atoms with Gasteiger partial charge in [-0.2, -0.15) is 0 Å². The summed E-state index contributed by atoms with van der Waals surface area (Å²) in [5.41, 5.74) is 3.66. The number of benzene rings is 1. The van der Waals surface area contributed by atoms with Crippen LogP contribution in [-0.2, 0) is 19.5 Å². The molecule has 3 heteroatoms. The van der Waals surface area contributed by atoms with E-state index in [1.165, 1.54) is 5.56 Å². The highest BCUT2D eigenvalue weighted by molar-refractivity contribution is 5.19. The van der Waals surface area contributed by atoms with Crippen LogP contribution in [-0.4, -0.2) is 21.4 Å². The largest absolute Gasteiger partial charge is 0.294 e. The fourth-order valence-corrected chi connectivity index (χ4v) is 2.23. The van der Waals surface area contributed by atoms with E-state index >= 15 is 0 Å². The van der Waals surface area contributed by atoms with Gasteiger partial charge in [0.2, 0.25) is 0 Å². The predicted molar refractivity (Wildman–Crippen MR) is 65.1 cm³/mol. The number of hydrogen-bond donors (Lipinski definition) is 0. The highest BCUT2D eigenvalue weighted by Crippen LogP contribution is 2.17. The first-order valence-electron chi connectivity index (χ1n) is 5.88. The maximum absolute atomic E-state index is 4.29. The van der Waals surface area contributed by atoms with Crippen molar-refractivity contribution < 1.29 is 0 Å². The minimum atomic E-state index is 0.908. The van der Waals surface area contributed by atoms with E-state index in [9.17, 15) is 0 Å². The zero-order valence-electron chi connectivity index (χ0n) is 9.63. The van der Waals surface area contributed by atoms with E-state index in [0.29, 0.717) is 0 Å². The third-order valence-electron chi connectivity index (χ3n) is 3.11. The molecular weight excluding hydrogens is 210 g/mol. The standard InChI is InChI=1S/C14H14N3/c1-2-4-12(5-3-1)9-17-7-6-14-13(10-17)8-15-11-16-14/h1-5,11H,6-7,9-10H2. The zero-order chi connectivity index (χ0) is 11.5. The zero-order valence-corrected chi connectivity index (χ0v) is 9.63. The Bertz CT molecular complexity index is 496. The number of aromatic nitrogens is 2. The van der Waals surface area contributed by atoms with Gasteiger partial charge in [-0.15, -0.1) is 0 Å². The molecule has 2 aromatic rings. The molecule has 85 valence electrons. The molecule has 0 aliphatic carbocycles. The highest BCUT2D eigenvalue weighted by atomic mass is 15.1. The molecule has 2 heterocycles. The quantitative estimate of drug-likeness (QED) is 0.779. The average molecular weight is 224 g/mol. The van der Waals surface area contributed by atoms with Crippen LogP contribution in [0.5, 0.6) is 0 Å². The summed E-state index contributed by atoms with van der Waals surface area (Å²) in [6, 6.07) is 10.6. The van der Waals surface area contributed by atoms with Crippen molar-refractivity contribution in [3.05, 3.63) is 59.7 Å². The van der Waals surface area contributed by atoms with Crippen molar-refractivity contribution in [1.29, 1.82) is 0 Å². The van der Waals surface area contributed by atoms with Gasteiger partial charge in [0.25, 0.3) is 0 Å². The van der Waals surface area contributed by atoms with Crippen molar-refractivity contribution in [2.75, 3.05) is 6.54 Å². The molecular formula is C14H14N3. The first-order valence-corrected chi connectivity index (χ1v) is 5.88. The molecule has 1 aliphatic rings. The van der Waals surface area contributed by atoms with Gasteiger partial charge in [0.1, 0.15) is 6.33 Å². The van der Waals surface area contributed by atoms with E-state index in [1.807, 2.05) is 0 Å². The molecule has 0 spiro atoms. The van der Waals surface area contributed by atoms with Crippen molar-refractivity contribution in [2.24, 2.45) is 0 Å². The summed E-state index contributed by atoms with van der Waals surface area (Å²) in [7, 11) is 0. The van der Waals surface area contributed by atoms with Gasteiger partial charge in [-0.3, -0.25) is 4.90 Å². The molecule has 0 bridgehead atoms. The molecule has 3 nitrogen and oxygen atoms in total. The molecule has 1 aromatic heterocycles. The summed E-state index contributed by atoms with van der Waals surface area (Å²) in [6.07, 6.45) is 5.64. The molecule has 3 rings (SSSR count). The Labute approximate surface area is 101 Å². The molecule has 1 aromatic carbocycles. The lowest BCUT2D eigenvalue weighted by Gasteiger charge is -2.27. The van der Waals surface area contributed by atoms with Crippen LogP contribution in [0.25, 0.3) is 0 Å². The van der Waals surface area contributed by atoms with Crippen LogP contribution in [0, 0.1) is 6.20 Å². The first kappa shape index (κ1) is 10.4. The van der Waals surface area contributed by atoms with Crippen LogP contribution >= 0.6 is 0 Å². The van der Waals surface area contributed by atoms with Gasteiger partial charge in [-0.25, -0.2) is 9.97 Å². The molecule has 0 atom stereocenters. The third-order valence-corrected chi connectivity index (χ3v) is 3.11. The van der Waals surface area contributed by atoms with E-state index in [0.717, 1.165) is 37.3 Å². The van der Waals surface area contributed by atoms with Crippen LogP contribution in [0.4, 0.5) is 0 Å². The van der Waals surface area contributed by atoms with Crippen molar-refractivity contribution in [2.45, 2.75) is 19.5 Å². The maximum atomic E-state index is 4.29. The Morgan fingerprint density at radius 1 is 1.24 bits per heavy atom. The van der Waals surface area contributed by atoms with Gasteiger partial charge < -0.3 is 0 Å². The minimum absolute atomic E-state index is 0.908. The minimum Gasteiger partial charge on any atom is -0.294 e. The highest BCUT2D eigenvalue weighted by Gasteiger charge is 2.17. The van der Waals surface area contributed by atoms with Crippen molar-refractivity contribution >= 4 is 0 Å². The van der Waals surface area contributed by atoms with E-state index in [2.05, 4.69) is 51.4 Å². The molecule has 0 fully saturated rings. The van der Waals surface area contributed by atoms with Gasteiger partial charge in [0, 0.05) is 31.6 Å². The summed E-state index contributed by atoms with van der Waals surface area (Å²) in [4.78, 5) is 10.7. The van der Waals surface area contributed by atoms with Crippen molar-refractivity contribution in [3.8, 4) is 0 Å². The normalized spacial score (nSPS) is 15.5. The third kappa shape index (κ3) is 2.34. The summed E-state index contributed by atoms with van der Waals surface area (Å²) >= 11 is 0. The summed E-state index contributed by atoms with van der Waals surface area (Å²) in [6.45, 7) is 2.96. The second-order valence-electron chi connectivity index (χ2n) is 4.36. The molecule has 0 unspecified atom stereocenters. The summed E-state index contributed by atoms with van der Waals surface area (Å²) in [5.74, 6) is 0. The Hall–Kier alpha value is -1.74. The van der Waals surface area contributed by atoms with Crippen molar-refractivity contribution in [3.63, 3.8) is 0 Å². The molecule has 0 saturated carbocycles. The van der Waals surface area contributed by atoms with Crippen LogP contribution in [0.3, 0.4) is 0 Å². The Kier molecular flexibility index (Phi) is 2.84. The van der Waals surface area contributed by atoms with Crippen LogP contribution < -0.4 is 0 Å². The van der Waals surface area contributed by atoms with Crippen LogP contribution in [0.2, 0.25) is 0 Å². The first-order chi connectivity index (χ1) is 8.42. The topological polar surface area (TPSA) is 29.0 Å². The molecule has 1 radical (unpaired) electrons. The van der Waals surface area contributed by atoms with Gasteiger partial charge in [-0.05, 0) is 5.56 Å². The Morgan fingerprint density at radius 2 is 2.12 bits per heavy atom. The summed E-state index contributed by atoms with van der Waals surface area (Å²) < 4.78 is 0. The molecule has 0 saturated heterocycles. The van der Waals surface area contributed by atoms with Crippen LogP contribution in [0.15, 0.2) is 36.7 Å². The van der Waals surface area contributed by atoms with Gasteiger partial charge in [0.15, 0.2) is 0 Å². The average Bonchev–Trinajstić information content (AvgIpc) is 2.40. The number of fused-ring (bicyclic) bond motifs is 1. The number of hydrogen-bond acceptors (Lipinski definition) is 3. The Balaban J connectivity index is 1.72. The molecule has 17 heavy (non-hydrogen) atoms. The summed E-state index contributed by atoms with van der Waals surface area (Å²) in [5, 5.41) is 0. The van der Waals surface area contributed by atoms with E-state index in [4.69, 9.17) is 0 Å². The Morgan fingerprint density at radius 3 is 3.00 bits per heavy atom. The fraction of sp³-hybridized carbons (Fsp3) is 0.286. The van der Waals surface area contributed by atoms with E-state index < -0.39 is 0 Å². The van der Waals surface area contributed by atoms with E-state index in [1.54, 1.807) is 6.33 Å². The second-order valence-corrected chi connectivity index (χ2v) is 4.36. The van der Waals surface area contributed by atoms with E-state index in [-0.39, 0.29) is 0 Å². The molecule has 1 aliphatic heterocycles. The fourth-order valence-electron chi connectivity index (χ4n) is 2.23. The maximum Gasteiger partial charge on any atom is 0.116 e. The molecule has 0 amide bonds. The lowest BCUT2D eigenvalue weighted by molar-refractivity contribution is 0.242. The smallest absolute Gasteiger partial charge is 0.116 e. The second kappa shape index (κ2) is 4.63. The monoisotopic (exact) mass is 224 g/mol. The lowest BCUT2D eigenvalue weighted by atomic mass is 10.1. The van der Waals surface area contributed by atoms with Gasteiger partial charge in [0.05, 0.1) is 11.9 Å². The van der Waals surface area contributed by atoms with Gasteiger partial charge in [-0.1, -0.05) is 30.3 Å². The molecule has 0 N–H and O–H groups in total. The predicted octanol–water partition coefficient (Wildman–Crippen LogP) is 1.84. The van der Waals surface area contributed by atoms with Gasteiger partial charge >= 0.3 is 0 Å².